The highest BCUT2D eigenvalue weighted by Gasteiger charge is 2.33. The molecule has 1 aromatic heterocycles. The van der Waals surface area contributed by atoms with Crippen LogP contribution in [0.4, 0.5) is 5.88 Å². The molecule has 0 aromatic carbocycles. The van der Waals surface area contributed by atoms with Crippen LogP contribution < -0.4 is 4.90 Å². The van der Waals surface area contributed by atoms with Gasteiger partial charge in [-0.3, -0.25) is 14.2 Å². The molecule has 11 heteroatoms. The number of amides is 1. The smallest absolute Gasteiger partial charge is 0.266 e. The molecule has 8 nitrogen and oxygen atoms in total. The number of thiocarbonyl (C=S) groups is 1. The maximum absolute atomic E-state index is 12.3. The lowest BCUT2D eigenvalue weighted by atomic mass is 10.3. The zero-order valence-electron chi connectivity index (χ0n) is 13.1. The molecule has 25 heavy (non-hydrogen) atoms. The van der Waals surface area contributed by atoms with Gasteiger partial charge in [-0.05, 0) is 6.07 Å². The van der Waals surface area contributed by atoms with Gasteiger partial charge in [0.2, 0.25) is 0 Å². The molecular weight excluding hydrogens is 388 g/mol. The number of thioether (sulfide) groups is 1. The van der Waals surface area contributed by atoms with E-state index < -0.39 is 21.8 Å². The second-order valence-corrected chi connectivity index (χ2v) is 8.64. The minimum absolute atomic E-state index is 0.183. The second-order valence-electron chi connectivity index (χ2n) is 5.39. The first-order valence-electron chi connectivity index (χ1n) is 7.46. The molecule has 1 amide bonds. The van der Waals surface area contributed by atoms with E-state index in [1.165, 1.54) is 0 Å². The van der Waals surface area contributed by atoms with Crippen molar-refractivity contribution in [1.29, 1.82) is 0 Å². The first-order chi connectivity index (χ1) is 11.8. The SMILES string of the molecule is O=C1/C(=C\c2ccc(N3CCOCC3)o2)SC(=S)N1CCS(=O)(=O)O. The van der Waals surface area contributed by atoms with Gasteiger partial charge in [0, 0.05) is 31.8 Å². The molecule has 2 fully saturated rings. The summed E-state index contributed by atoms with van der Waals surface area (Å²) in [6.07, 6.45) is 1.58. The van der Waals surface area contributed by atoms with Gasteiger partial charge in [-0.15, -0.1) is 0 Å². The molecule has 0 atom stereocenters. The van der Waals surface area contributed by atoms with E-state index >= 15 is 0 Å². The van der Waals surface area contributed by atoms with Crippen LogP contribution in [-0.2, 0) is 19.6 Å². The minimum atomic E-state index is -4.16. The fourth-order valence-corrected chi connectivity index (χ4v) is 4.10. The van der Waals surface area contributed by atoms with Crippen molar-refractivity contribution in [3.63, 3.8) is 0 Å². The van der Waals surface area contributed by atoms with Crippen molar-refractivity contribution < 1.29 is 26.9 Å². The van der Waals surface area contributed by atoms with Gasteiger partial charge in [0.1, 0.15) is 10.1 Å². The van der Waals surface area contributed by atoms with E-state index in [4.69, 9.17) is 25.9 Å². The number of nitrogens with zero attached hydrogens (tertiary/aromatic N) is 2. The molecule has 2 aliphatic heterocycles. The fourth-order valence-electron chi connectivity index (χ4n) is 2.40. The Hall–Kier alpha value is -1.40. The average Bonchev–Trinajstić information content (AvgIpc) is 3.12. The molecule has 136 valence electrons. The van der Waals surface area contributed by atoms with Crippen molar-refractivity contribution in [2.24, 2.45) is 0 Å². The molecule has 0 spiro atoms. The van der Waals surface area contributed by atoms with Crippen molar-refractivity contribution in [3.8, 4) is 0 Å². The molecule has 0 saturated carbocycles. The Morgan fingerprint density at radius 2 is 2.04 bits per heavy atom. The predicted octanol–water partition coefficient (Wildman–Crippen LogP) is 1.21. The van der Waals surface area contributed by atoms with E-state index in [1.54, 1.807) is 12.1 Å². The molecule has 2 aliphatic rings. The zero-order chi connectivity index (χ0) is 18.0. The number of hydrogen-bond acceptors (Lipinski definition) is 8. The number of morpholine rings is 1. The third-order valence-corrected chi connectivity index (χ3v) is 5.73. The summed E-state index contributed by atoms with van der Waals surface area (Å²) in [4.78, 5) is 15.9. The van der Waals surface area contributed by atoms with E-state index in [-0.39, 0.29) is 10.9 Å². The van der Waals surface area contributed by atoms with E-state index in [9.17, 15) is 13.2 Å². The third kappa shape index (κ3) is 4.61. The molecule has 3 rings (SSSR count). The van der Waals surface area contributed by atoms with Gasteiger partial charge >= 0.3 is 0 Å². The van der Waals surface area contributed by atoms with Crippen LogP contribution in [0.25, 0.3) is 6.08 Å². The summed E-state index contributed by atoms with van der Waals surface area (Å²) in [6, 6.07) is 3.59. The fraction of sp³-hybridized carbons (Fsp3) is 0.429. The number of rotatable bonds is 5. The third-order valence-electron chi connectivity index (χ3n) is 3.66. The number of ether oxygens (including phenoxy) is 1. The van der Waals surface area contributed by atoms with E-state index in [0.717, 1.165) is 29.8 Å². The van der Waals surface area contributed by atoms with Gasteiger partial charge in [-0.1, -0.05) is 24.0 Å². The largest absolute Gasteiger partial charge is 0.441 e. The number of carbonyl (C=O) groups is 1. The maximum atomic E-state index is 12.3. The van der Waals surface area contributed by atoms with Gasteiger partial charge < -0.3 is 14.1 Å². The topological polar surface area (TPSA) is 100 Å². The summed E-state index contributed by atoms with van der Waals surface area (Å²) in [7, 11) is -4.16. The molecule has 3 heterocycles. The molecule has 1 N–H and O–H groups in total. The van der Waals surface area contributed by atoms with Crippen LogP contribution in [0.15, 0.2) is 21.5 Å². The summed E-state index contributed by atoms with van der Waals surface area (Å²) in [6.45, 7) is 2.58. The Kier molecular flexibility index (Phi) is 5.49. The summed E-state index contributed by atoms with van der Waals surface area (Å²) < 4.78 is 41.8. The van der Waals surface area contributed by atoms with Gasteiger partial charge in [-0.2, -0.15) is 8.42 Å². The Morgan fingerprint density at radius 3 is 2.72 bits per heavy atom. The van der Waals surface area contributed by atoms with Gasteiger partial charge in [0.25, 0.3) is 16.0 Å². The van der Waals surface area contributed by atoms with Gasteiger partial charge in [0.05, 0.1) is 23.9 Å². The van der Waals surface area contributed by atoms with Crippen molar-refractivity contribution in [1.82, 2.24) is 4.90 Å². The van der Waals surface area contributed by atoms with Crippen molar-refractivity contribution >= 4 is 56.3 Å². The highest BCUT2D eigenvalue weighted by molar-refractivity contribution is 8.26. The maximum Gasteiger partial charge on any atom is 0.266 e. The quantitative estimate of drug-likeness (QED) is 0.441. The summed E-state index contributed by atoms with van der Waals surface area (Å²) in [5.74, 6) is 0.255. The number of furan rings is 1. The molecular formula is C14H16N2O6S3. The molecule has 0 aliphatic carbocycles. The number of carbonyl (C=O) groups excluding carboxylic acids is 1. The lowest BCUT2D eigenvalue weighted by Crippen LogP contribution is -2.35. The van der Waals surface area contributed by atoms with Crippen LogP contribution >= 0.6 is 24.0 Å². The van der Waals surface area contributed by atoms with Crippen LogP contribution in [0.3, 0.4) is 0 Å². The van der Waals surface area contributed by atoms with Gasteiger partial charge in [0.15, 0.2) is 5.88 Å². The zero-order valence-corrected chi connectivity index (χ0v) is 15.5. The standard InChI is InChI=1S/C14H16N2O6S3/c17-13-11(24-14(23)16(13)5-8-25(18,19)20)9-10-1-2-12(22-10)15-3-6-21-7-4-15/h1-2,9H,3-8H2,(H,18,19,20)/b11-9+. The van der Waals surface area contributed by atoms with E-state index in [0.29, 0.717) is 29.8 Å². The number of hydrogen-bond donors (Lipinski definition) is 1. The summed E-state index contributed by atoms with van der Waals surface area (Å²) in [5, 5.41) is 0. The molecule has 0 bridgehead atoms. The normalized spacial score (nSPS) is 20.8. The van der Waals surface area contributed by atoms with Crippen LogP contribution in [0.2, 0.25) is 0 Å². The molecule has 0 radical (unpaired) electrons. The summed E-state index contributed by atoms with van der Waals surface area (Å²) in [5.41, 5.74) is 0. The Morgan fingerprint density at radius 1 is 1.32 bits per heavy atom. The monoisotopic (exact) mass is 404 g/mol. The van der Waals surface area contributed by atoms with Gasteiger partial charge in [-0.25, -0.2) is 0 Å². The summed E-state index contributed by atoms with van der Waals surface area (Å²) >= 11 is 6.18. The Balaban J connectivity index is 1.70. The Labute approximate surface area is 154 Å². The average molecular weight is 404 g/mol. The lowest BCUT2D eigenvalue weighted by Gasteiger charge is -2.26. The minimum Gasteiger partial charge on any atom is -0.441 e. The highest BCUT2D eigenvalue weighted by atomic mass is 32.2. The predicted molar refractivity (Wildman–Crippen MR) is 98.0 cm³/mol. The van der Waals surface area contributed by atoms with Crippen molar-refractivity contribution in [2.45, 2.75) is 0 Å². The highest BCUT2D eigenvalue weighted by Crippen LogP contribution is 2.33. The number of anilines is 1. The lowest BCUT2D eigenvalue weighted by molar-refractivity contribution is -0.121. The van der Waals surface area contributed by atoms with E-state index in [1.807, 2.05) is 6.07 Å². The van der Waals surface area contributed by atoms with Crippen LogP contribution in [0.5, 0.6) is 0 Å². The Bertz CT molecular complexity index is 810. The van der Waals surface area contributed by atoms with Crippen LogP contribution in [0.1, 0.15) is 5.76 Å². The second kappa shape index (κ2) is 7.46. The first kappa shape index (κ1) is 18.4. The molecule has 1 aromatic rings. The van der Waals surface area contributed by atoms with E-state index in [2.05, 4.69) is 4.90 Å². The van der Waals surface area contributed by atoms with Crippen molar-refractivity contribution in [3.05, 3.63) is 22.8 Å². The molecule has 0 unspecified atom stereocenters. The molecule has 2 saturated heterocycles. The first-order valence-corrected chi connectivity index (χ1v) is 10.3. The van der Waals surface area contributed by atoms with Crippen molar-refractivity contribution in [2.75, 3.05) is 43.5 Å². The van der Waals surface area contributed by atoms with Crippen LogP contribution in [-0.4, -0.2) is 66.7 Å². The van der Waals surface area contributed by atoms with Crippen LogP contribution in [0, 0.1) is 0 Å².